The molecule has 0 aliphatic carbocycles. The topological polar surface area (TPSA) is 79.8 Å². The highest BCUT2D eigenvalue weighted by atomic mass is 35.5. The number of furan rings is 1. The summed E-state index contributed by atoms with van der Waals surface area (Å²) in [5.74, 6) is 0.360. The van der Waals surface area contributed by atoms with Crippen molar-refractivity contribution in [1.29, 1.82) is 0 Å². The number of hydrogen-bond acceptors (Lipinski definition) is 4. The summed E-state index contributed by atoms with van der Waals surface area (Å²) < 4.78 is 5.12. The van der Waals surface area contributed by atoms with E-state index in [1.165, 1.54) is 6.26 Å². The van der Waals surface area contributed by atoms with E-state index in [2.05, 4.69) is 0 Å². The summed E-state index contributed by atoms with van der Waals surface area (Å²) in [4.78, 5) is 27.9. The smallest absolute Gasteiger partial charge is 0.289 e. The maximum atomic E-state index is 12.3. The summed E-state index contributed by atoms with van der Waals surface area (Å²) in [5.41, 5.74) is 5.99. The predicted octanol–water partition coefficient (Wildman–Crippen LogP) is 1.36. The number of amides is 2. The molecule has 1 fully saturated rings. The van der Waals surface area contributed by atoms with Gasteiger partial charge in [-0.2, -0.15) is 0 Å². The third kappa shape index (κ3) is 4.01. The van der Waals surface area contributed by atoms with E-state index in [9.17, 15) is 9.59 Å². The van der Waals surface area contributed by atoms with Crippen molar-refractivity contribution in [2.45, 2.75) is 26.3 Å². The van der Waals surface area contributed by atoms with Crippen molar-refractivity contribution in [3.8, 4) is 0 Å². The van der Waals surface area contributed by atoms with Gasteiger partial charge in [0, 0.05) is 26.2 Å². The Hall–Kier alpha value is -1.53. The second-order valence-electron chi connectivity index (χ2n) is 5.51. The van der Waals surface area contributed by atoms with Gasteiger partial charge in [-0.3, -0.25) is 9.59 Å². The SMILES string of the molecule is CCC(C)C(N)C(=O)N1CCN(C(=O)c2ccco2)CC1.Cl. The lowest BCUT2D eigenvalue weighted by molar-refractivity contribution is -0.135. The fourth-order valence-electron chi connectivity index (χ4n) is 2.39. The van der Waals surface area contributed by atoms with Gasteiger partial charge in [0.2, 0.25) is 5.91 Å². The highest BCUT2D eigenvalue weighted by Gasteiger charge is 2.29. The van der Waals surface area contributed by atoms with Crippen LogP contribution >= 0.6 is 12.4 Å². The van der Waals surface area contributed by atoms with E-state index in [-0.39, 0.29) is 30.1 Å². The van der Waals surface area contributed by atoms with Crippen LogP contribution in [0.1, 0.15) is 30.8 Å². The van der Waals surface area contributed by atoms with Crippen LogP contribution in [0.15, 0.2) is 22.8 Å². The number of carbonyl (C=O) groups is 2. The van der Waals surface area contributed by atoms with Gasteiger partial charge < -0.3 is 20.0 Å². The molecule has 2 N–H and O–H groups in total. The van der Waals surface area contributed by atoms with E-state index in [1.54, 1.807) is 21.9 Å². The maximum Gasteiger partial charge on any atom is 0.289 e. The summed E-state index contributed by atoms with van der Waals surface area (Å²) >= 11 is 0. The van der Waals surface area contributed by atoms with Crippen molar-refractivity contribution in [1.82, 2.24) is 9.80 Å². The van der Waals surface area contributed by atoms with Crippen molar-refractivity contribution in [2.24, 2.45) is 11.7 Å². The van der Waals surface area contributed by atoms with Crippen molar-refractivity contribution in [3.05, 3.63) is 24.2 Å². The van der Waals surface area contributed by atoms with Gasteiger partial charge in [-0.05, 0) is 18.1 Å². The van der Waals surface area contributed by atoms with Crippen LogP contribution < -0.4 is 5.73 Å². The van der Waals surface area contributed by atoms with E-state index >= 15 is 0 Å². The second-order valence-corrected chi connectivity index (χ2v) is 5.51. The lowest BCUT2D eigenvalue weighted by Gasteiger charge is -2.36. The lowest BCUT2D eigenvalue weighted by atomic mass is 9.98. The lowest BCUT2D eigenvalue weighted by Crippen LogP contribution is -2.55. The van der Waals surface area contributed by atoms with Gasteiger partial charge in [0.05, 0.1) is 12.3 Å². The Morgan fingerprint density at radius 2 is 1.86 bits per heavy atom. The third-order valence-corrected chi connectivity index (χ3v) is 4.15. The van der Waals surface area contributed by atoms with Crippen molar-refractivity contribution in [2.75, 3.05) is 26.2 Å². The molecule has 7 heteroatoms. The van der Waals surface area contributed by atoms with Gasteiger partial charge in [-0.1, -0.05) is 20.3 Å². The summed E-state index contributed by atoms with van der Waals surface area (Å²) in [6.07, 6.45) is 2.36. The quantitative estimate of drug-likeness (QED) is 0.904. The Bertz CT molecular complexity index is 484. The van der Waals surface area contributed by atoms with Gasteiger partial charge in [-0.25, -0.2) is 0 Å². The standard InChI is InChI=1S/C15H23N3O3.ClH/c1-3-11(2)13(16)15(20)18-8-6-17(7-9-18)14(19)12-5-4-10-21-12;/h4-5,10-11,13H,3,6-9,16H2,1-2H3;1H. The average Bonchev–Trinajstić information content (AvgIpc) is 3.06. The van der Waals surface area contributed by atoms with E-state index in [4.69, 9.17) is 10.2 Å². The molecule has 1 aliphatic rings. The Labute approximate surface area is 137 Å². The summed E-state index contributed by atoms with van der Waals surface area (Å²) in [6, 6.07) is 2.89. The number of nitrogens with zero attached hydrogens (tertiary/aromatic N) is 2. The van der Waals surface area contributed by atoms with Crippen LogP contribution in [-0.4, -0.2) is 53.8 Å². The first-order valence-corrected chi connectivity index (χ1v) is 7.41. The van der Waals surface area contributed by atoms with E-state index in [0.717, 1.165) is 6.42 Å². The molecule has 0 radical (unpaired) electrons. The molecule has 2 atom stereocenters. The number of carbonyl (C=O) groups excluding carboxylic acids is 2. The minimum Gasteiger partial charge on any atom is -0.459 e. The molecule has 1 aromatic rings. The molecular weight excluding hydrogens is 306 g/mol. The van der Waals surface area contributed by atoms with E-state index < -0.39 is 6.04 Å². The molecule has 1 aliphatic heterocycles. The molecule has 124 valence electrons. The van der Waals surface area contributed by atoms with Gasteiger partial charge in [0.25, 0.3) is 5.91 Å². The average molecular weight is 330 g/mol. The zero-order valence-electron chi connectivity index (χ0n) is 13.0. The Balaban J connectivity index is 0.00000242. The van der Waals surface area contributed by atoms with Gasteiger partial charge in [0.1, 0.15) is 0 Å². The van der Waals surface area contributed by atoms with Gasteiger partial charge >= 0.3 is 0 Å². The minimum atomic E-state index is -0.456. The molecule has 2 heterocycles. The fraction of sp³-hybridized carbons (Fsp3) is 0.600. The molecular formula is C15H24ClN3O3. The Kier molecular flexibility index (Phi) is 6.90. The molecule has 0 bridgehead atoms. The zero-order valence-corrected chi connectivity index (χ0v) is 13.8. The molecule has 2 unspecified atom stereocenters. The summed E-state index contributed by atoms with van der Waals surface area (Å²) in [7, 11) is 0. The van der Waals surface area contributed by atoms with Crippen LogP contribution in [-0.2, 0) is 4.79 Å². The van der Waals surface area contributed by atoms with E-state index in [0.29, 0.717) is 31.9 Å². The minimum absolute atomic E-state index is 0. The molecule has 0 saturated carbocycles. The van der Waals surface area contributed by atoms with Crippen molar-refractivity contribution in [3.63, 3.8) is 0 Å². The number of hydrogen-bond donors (Lipinski definition) is 1. The Morgan fingerprint density at radius 1 is 1.27 bits per heavy atom. The molecule has 0 spiro atoms. The number of halogens is 1. The molecule has 1 aromatic heterocycles. The van der Waals surface area contributed by atoms with Crippen molar-refractivity contribution >= 4 is 24.2 Å². The van der Waals surface area contributed by atoms with Crippen LogP contribution in [0.3, 0.4) is 0 Å². The van der Waals surface area contributed by atoms with Crippen LogP contribution in [0.2, 0.25) is 0 Å². The van der Waals surface area contributed by atoms with Crippen LogP contribution in [0.5, 0.6) is 0 Å². The zero-order chi connectivity index (χ0) is 15.4. The normalized spacial score (nSPS) is 17.6. The number of nitrogens with two attached hydrogens (primary N) is 1. The van der Waals surface area contributed by atoms with Gasteiger partial charge in [0.15, 0.2) is 5.76 Å². The largest absolute Gasteiger partial charge is 0.459 e. The molecule has 1 saturated heterocycles. The summed E-state index contributed by atoms with van der Waals surface area (Å²) in [5, 5.41) is 0. The molecule has 22 heavy (non-hydrogen) atoms. The Morgan fingerprint density at radius 3 is 2.36 bits per heavy atom. The monoisotopic (exact) mass is 329 g/mol. The highest BCUT2D eigenvalue weighted by Crippen LogP contribution is 2.13. The first kappa shape index (κ1) is 18.5. The van der Waals surface area contributed by atoms with Crippen LogP contribution in [0.4, 0.5) is 0 Å². The molecule has 2 amide bonds. The van der Waals surface area contributed by atoms with Crippen molar-refractivity contribution < 1.29 is 14.0 Å². The molecule has 2 rings (SSSR count). The maximum absolute atomic E-state index is 12.3. The van der Waals surface area contributed by atoms with Crippen LogP contribution in [0.25, 0.3) is 0 Å². The fourth-order valence-corrected chi connectivity index (χ4v) is 2.39. The van der Waals surface area contributed by atoms with Crippen LogP contribution in [0, 0.1) is 5.92 Å². The first-order valence-electron chi connectivity index (χ1n) is 7.41. The number of piperazine rings is 1. The van der Waals surface area contributed by atoms with Gasteiger partial charge in [-0.15, -0.1) is 12.4 Å². The molecule has 0 aromatic carbocycles. The first-order chi connectivity index (χ1) is 10.0. The second kappa shape index (κ2) is 8.19. The van der Waals surface area contributed by atoms with E-state index in [1.807, 2.05) is 13.8 Å². The summed E-state index contributed by atoms with van der Waals surface area (Å²) in [6.45, 7) is 6.08. The number of rotatable bonds is 4. The highest BCUT2D eigenvalue weighted by molar-refractivity contribution is 5.91. The molecule has 6 nitrogen and oxygen atoms in total. The third-order valence-electron chi connectivity index (χ3n) is 4.15. The predicted molar refractivity (Wildman–Crippen MR) is 85.9 cm³/mol.